The highest BCUT2D eigenvalue weighted by Gasteiger charge is 2.26. The number of carbonyl (C=O) groups is 1. The van der Waals surface area contributed by atoms with Gasteiger partial charge in [0.25, 0.3) is 0 Å². The van der Waals surface area contributed by atoms with Crippen molar-refractivity contribution in [1.29, 1.82) is 0 Å². The van der Waals surface area contributed by atoms with E-state index in [1.165, 1.54) is 25.7 Å². The van der Waals surface area contributed by atoms with Crippen LogP contribution in [0.3, 0.4) is 0 Å². The summed E-state index contributed by atoms with van der Waals surface area (Å²) in [6.45, 7) is 7.19. The molecule has 1 rings (SSSR count). The van der Waals surface area contributed by atoms with Crippen LogP contribution in [0.1, 0.15) is 46.5 Å². The largest absolute Gasteiger partial charge is 0.480 e. The van der Waals surface area contributed by atoms with Crippen LogP contribution in [-0.2, 0) is 4.79 Å². The number of aliphatic carboxylic acids is 1. The van der Waals surface area contributed by atoms with Gasteiger partial charge >= 0.3 is 5.97 Å². The molecule has 2 N–H and O–H groups in total. The zero-order chi connectivity index (χ0) is 11.5. The molecular weight excluding hydrogens is 190 g/mol. The summed E-state index contributed by atoms with van der Waals surface area (Å²) in [6, 6.07) is -0.417. The molecule has 3 heteroatoms. The first-order valence-corrected chi connectivity index (χ1v) is 5.87. The van der Waals surface area contributed by atoms with Crippen molar-refractivity contribution in [2.75, 3.05) is 6.54 Å². The van der Waals surface area contributed by atoms with E-state index in [2.05, 4.69) is 19.2 Å². The third-order valence-corrected chi connectivity index (χ3v) is 3.54. The van der Waals surface area contributed by atoms with Crippen molar-refractivity contribution >= 4 is 5.97 Å². The quantitative estimate of drug-likeness (QED) is 0.753. The van der Waals surface area contributed by atoms with Crippen LogP contribution in [0, 0.1) is 11.3 Å². The smallest absolute Gasteiger partial charge is 0.320 e. The monoisotopic (exact) mass is 213 g/mol. The summed E-state index contributed by atoms with van der Waals surface area (Å²) in [6.07, 6.45) is 4.99. The first-order chi connectivity index (χ1) is 6.91. The molecule has 88 valence electrons. The maximum absolute atomic E-state index is 10.6. The Kier molecular flexibility index (Phi) is 4.14. The highest BCUT2D eigenvalue weighted by atomic mass is 16.4. The predicted molar refractivity (Wildman–Crippen MR) is 60.8 cm³/mol. The minimum absolute atomic E-state index is 0.417. The molecule has 0 bridgehead atoms. The topological polar surface area (TPSA) is 49.3 Å². The van der Waals surface area contributed by atoms with Crippen LogP contribution in [0.5, 0.6) is 0 Å². The normalized spacial score (nSPS) is 23.7. The Morgan fingerprint density at radius 3 is 2.47 bits per heavy atom. The molecule has 1 atom stereocenters. The summed E-state index contributed by atoms with van der Waals surface area (Å²) in [4.78, 5) is 10.6. The van der Waals surface area contributed by atoms with E-state index in [1.54, 1.807) is 6.92 Å². The van der Waals surface area contributed by atoms with Gasteiger partial charge in [-0.25, -0.2) is 0 Å². The Balaban J connectivity index is 2.22. The molecule has 1 fully saturated rings. The SMILES string of the molecule is C[C@@H](NCC1CCC(C)(C)CC1)C(=O)O. The summed E-state index contributed by atoms with van der Waals surface area (Å²) in [5, 5.41) is 11.8. The van der Waals surface area contributed by atoms with Gasteiger partial charge in [-0.05, 0) is 50.5 Å². The molecule has 1 aliphatic carbocycles. The highest BCUT2D eigenvalue weighted by molar-refractivity contribution is 5.72. The Morgan fingerprint density at radius 1 is 1.47 bits per heavy atom. The summed E-state index contributed by atoms with van der Waals surface area (Å²) in [5.74, 6) is -0.0917. The van der Waals surface area contributed by atoms with E-state index in [0.717, 1.165) is 6.54 Å². The zero-order valence-electron chi connectivity index (χ0n) is 10.0. The van der Waals surface area contributed by atoms with Crippen LogP contribution < -0.4 is 5.32 Å². The minimum Gasteiger partial charge on any atom is -0.480 e. The van der Waals surface area contributed by atoms with Crippen LogP contribution in [0.2, 0.25) is 0 Å². The van der Waals surface area contributed by atoms with Gasteiger partial charge in [0, 0.05) is 0 Å². The van der Waals surface area contributed by atoms with Crippen LogP contribution >= 0.6 is 0 Å². The third kappa shape index (κ3) is 4.20. The minimum atomic E-state index is -0.758. The molecule has 0 aliphatic heterocycles. The lowest BCUT2D eigenvalue weighted by Crippen LogP contribution is -2.38. The predicted octanol–water partition coefficient (Wildman–Crippen LogP) is 2.27. The lowest BCUT2D eigenvalue weighted by molar-refractivity contribution is -0.139. The average Bonchev–Trinajstić information content (AvgIpc) is 2.15. The van der Waals surface area contributed by atoms with Crippen LogP contribution in [-0.4, -0.2) is 23.7 Å². The number of nitrogens with one attached hydrogen (secondary N) is 1. The zero-order valence-corrected chi connectivity index (χ0v) is 10.0. The Bertz CT molecular complexity index is 216. The Hall–Kier alpha value is -0.570. The second-order valence-corrected chi connectivity index (χ2v) is 5.58. The fourth-order valence-electron chi connectivity index (χ4n) is 2.09. The lowest BCUT2D eigenvalue weighted by Gasteiger charge is -2.34. The molecule has 3 nitrogen and oxygen atoms in total. The van der Waals surface area contributed by atoms with Gasteiger partial charge in [0.15, 0.2) is 0 Å². The standard InChI is InChI=1S/C12H23NO2/c1-9(11(14)15)13-8-10-4-6-12(2,3)7-5-10/h9-10,13H,4-8H2,1-3H3,(H,14,15)/t9-/m1/s1. The molecule has 0 radical (unpaired) electrons. The molecule has 0 saturated heterocycles. The maximum atomic E-state index is 10.6. The maximum Gasteiger partial charge on any atom is 0.320 e. The van der Waals surface area contributed by atoms with E-state index in [1.807, 2.05) is 0 Å². The van der Waals surface area contributed by atoms with E-state index < -0.39 is 12.0 Å². The lowest BCUT2D eigenvalue weighted by atomic mass is 9.73. The molecule has 0 amide bonds. The second-order valence-electron chi connectivity index (χ2n) is 5.58. The summed E-state index contributed by atoms with van der Waals surface area (Å²) in [5.41, 5.74) is 0.495. The Morgan fingerprint density at radius 2 is 2.00 bits per heavy atom. The van der Waals surface area contributed by atoms with Crippen molar-refractivity contribution < 1.29 is 9.90 Å². The first-order valence-electron chi connectivity index (χ1n) is 5.87. The van der Waals surface area contributed by atoms with E-state index in [4.69, 9.17) is 5.11 Å². The molecular formula is C12H23NO2. The summed E-state index contributed by atoms with van der Waals surface area (Å²) < 4.78 is 0. The second kappa shape index (κ2) is 4.97. The van der Waals surface area contributed by atoms with Crippen LogP contribution in [0.25, 0.3) is 0 Å². The number of carboxylic acids is 1. The molecule has 0 aromatic heterocycles. The molecule has 0 aromatic rings. The van der Waals surface area contributed by atoms with Gasteiger partial charge in [0.05, 0.1) is 0 Å². The van der Waals surface area contributed by atoms with E-state index in [9.17, 15) is 4.79 Å². The number of hydrogen-bond acceptors (Lipinski definition) is 2. The van der Waals surface area contributed by atoms with E-state index >= 15 is 0 Å². The van der Waals surface area contributed by atoms with Gasteiger partial charge in [0.2, 0.25) is 0 Å². The van der Waals surface area contributed by atoms with E-state index in [-0.39, 0.29) is 0 Å². The number of hydrogen-bond donors (Lipinski definition) is 2. The molecule has 1 aliphatic rings. The van der Waals surface area contributed by atoms with Gasteiger partial charge in [-0.15, -0.1) is 0 Å². The van der Waals surface area contributed by atoms with Crippen LogP contribution in [0.15, 0.2) is 0 Å². The van der Waals surface area contributed by atoms with Gasteiger partial charge in [-0.1, -0.05) is 13.8 Å². The van der Waals surface area contributed by atoms with Gasteiger partial charge in [-0.3, -0.25) is 4.79 Å². The average molecular weight is 213 g/mol. The van der Waals surface area contributed by atoms with E-state index in [0.29, 0.717) is 11.3 Å². The Labute approximate surface area is 92.3 Å². The fraction of sp³-hybridized carbons (Fsp3) is 0.917. The molecule has 1 saturated carbocycles. The first kappa shape index (κ1) is 12.5. The van der Waals surface area contributed by atoms with Crippen LogP contribution in [0.4, 0.5) is 0 Å². The van der Waals surface area contributed by atoms with Gasteiger partial charge in [-0.2, -0.15) is 0 Å². The number of rotatable bonds is 4. The van der Waals surface area contributed by atoms with Crippen molar-refractivity contribution in [3.63, 3.8) is 0 Å². The highest BCUT2D eigenvalue weighted by Crippen LogP contribution is 2.37. The van der Waals surface area contributed by atoms with Gasteiger partial charge < -0.3 is 10.4 Å². The van der Waals surface area contributed by atoms with Crippen molar-refractivity contribution in [3.05, 3.63) is 0 Å². The third-order valence-electron chi connectivity index (χ3n) is 3.54. The summed E-state index contributed by atoms with van der Waals surface area (Å²) in [7, 11) is 0. The molecule has 0 unspecified atom stereocenters. The molecule has 0 aromatic carbocycles. The van der Waals surface area contributed by atoms with Crippen molar-refractivity contribution in [2.45, 2.75) is 52.5 Å². The van der Waals surface area contributed by atoms with Crippen molar-refractivity contribution in [2.24, 2.45) is 11.3 Å². The summed E-state index contributed by atoms with van der Waals surface area (Å²) >= 11 is 0. The molecule has 0 spiro atoms. The van der Waals surface area contributed by atoms with Crippen molar-refractivity contribution in [1.82, 2.24) is 5.32 Å². The molecule has 15 heavy (non-hydrogen) atoms. The van der Waals surface area contributed by atoms with Gasteiger partial charge in [0.1, 0.15) is 6.04 Å². The van der Waals surface area contributed by atoms with Crippen molar-refractivity contribution in [3.8, 4) is 0 Å². The number of carboxylic acid groups (broad SMARTS) is 1. The fourth-order valence-corrected chi connectivity index (χ4v) is 2.09. The molecule has 0 heterocycles.